The van der Waals surface area contributed by atoms with E-state index in [1.807, 2.05) is 35.9 Å². The van der Waals surface area contributed by atoms with Crippen LogP contribution in [-0.2, 0) is 11.8 Å². The molecule has 1 aliphatic carbocycles. The molecule has 1 saturated heterocycles. The van der Waals surface area contributed by atoms with Crippen molar-refractivity contribution in [1.82, 2.24) is 25.1 Å². The van der Waals surface area contributed by atoms with Crippen LogP contribution in [0.1, 0.15) is 43.0 Å². The van der Waals surface area contributed by atoms with Gasteiger partial charge in [0, 0.05) is 61.3 Å². The van der Waals surface area contributed by atoms with E-state index in [1.165, 1.54) is 18.6 Å². The second-order valence-electron chi connectivity index (χ2n) is 8.36. The van der Waals surface area contributed by atoms with E-state index in [2.05, 4.69) is 27.8 Å². The summed E-state index contributed by atoms with van der Waals surface area (Å²) in [6.07, 6.45) is 8.09. The molecule has 3 aliphatic rings. The van der Waals surface area contributed by atoms with Crippen molar-refractivity contribution in [1.29, 1.82) is 0 Å². The summed E-state index contributed by atoms with van der Waals surface area (Å²) in [5, 5.41) is 8.68. The van der Waals surface area contributed by atoms with Crippen molar-refractivity contribution in [3.05, 3.63) is 35.9 Å². The van der Waals surface area contributed by atoms with Crippen LogP contribution in [0.25, 0.3) is 11.1 Å². The summed E-state index contributed by atoms with van der Waals surface area (Å²) in [5.74, 6) is 1.09. The Morgan fingerprint density at radius 2 is 2.04 bits per heavy atom. The lowest BCUT2D eigenvalue weighted by atomic mass is 10.00. The third kappa shape index (κ3) is 3.30. The molecule has 5 rings (SSSR count). The van der Waals surface area contributed by atoms with Crippen LogP contribution in [0, 0.1) is 12.8 Å². The SMILES string of the molecule is Cc1cc(-c2cnn(C)c2)cc(C2CCN(C(=O)C3CC(C4CC4)=NN3)C2)n1. The number of carbonyl (C=O) groups excluding carboxylic acids is 1. The van der Waals surface area contributed by atoms with Crippen molar-refractivity contribution in [2.75, 3.05) is 13.1 Å². The van der Waals surface area contributed by atoms with Crippen molar-refractivity contribution in [2.45, 2.75) is 44.6 Å². The molecule has 1 N–H and O–H groups in total. The Morgan fingerprint density at radius 3 is 2.79 bits per heavy atom. The highest BCUT2D eigenvalue weighted by Gasteiger charge is 2.38. The van der Waals surface area contributed by atoms with Gasteiger partial charge in [0.1, 0.15) is 6.04 Å². The highest BCUT2D eigenvalue weighted by Crippen LogP contribution is 2.34. The molecular weight excluding hydrogens is 352 g/mol. The Balaban J connectivity index is 1.28. The maximum Gasteiger partial charge on any atom is 0.247 e. The Kier molecular flexibility index (Phi) is 4.18. The summed E-state index contributed by atoms with van der Waals surface area (Å²) in [7, 11) is 1.92. The number of aromatic nitrogens is 3. The van der Waals surface area contributed by atoms with E-state index in [-0.39, 0.29) is 17.9 Å². The van der Waals surface area contributed by atoms with Crippen molar-refractivity contribution >= 4 is 11.6 Å². The lowest BCUT2D eigenvalue weighted by Gasteiger charge is -2.20. The molecule has 2 fully saturated rings. The number of nitrogens with zero attached hydrogens (tertiary/aromatic N) is 5. The first-order chi connectivity index (χ1) is 13.6. The maximum atomic E-state index is 12.9. The number of likely N-dealkylation sites (tertiary alicyclic amines) is 1. The van der Waals surface area contributed by atoms with Crippen molar-refractivity contribution < 1.29 is 4.79 Å². The molecule has 7 heteroatoms. The Hall–Kier alpha value is -2.70. The standard InChI is InChI=1S/C21H26N6O/c1-13-7-16(17-10-22-26(2)11-17)8-18(23-13)15-5-6-27(12-15)21(28)20-9-19(24-25-20)14-3-4-14/h7-8,10-11,14-15,20,25H,3-6,9,12H2,1-2H3. The molecule has 0 aromatic carbocycles. The van der Waals surface area contributed by atoms with Crippen LogP contribution in [0.2, 0.25) is 0 Å². The molecular formula is C21H26N6O. The molecule has 146 valence electrons. The maximum absolute atomic E-state index is 12.9. The first-order valence-electron chi connectivity index (χ1n) is 10.1. The zero-order valence-electron chi connectivity index (χ0n) is 16.4. The van der Waals surface area contributed by atoms with E-state index in [0.29, 0.717) is 5.92 Å². The fraction of sp³-hybridized carbons (Fsp3) is 0.524. The van der Waals surface area contributed by atoms with E-state index >= 15 is 0 Å². The second kappa shape index (κ2) is 6.72. The van der Waals surface area contributed by atoms with Crippen LogP contribution in [0.3, 0.4) is 0 Å². The minimum absolute atomic E-state index is 0.175. The summed E-state index contributed by atoms with van der Waals surface area (Å²) in [4.78, 5) is 19.7. The predicted octanol–water partition coefficient (Wildman–Crippen LogP) is 2.23. The average molecular weight is 378 g/mol. The van der Waals surface area contributed by atoms with Gasteiger partial charge in [-0.1, -0.05) is 0 Å². The van der Waals surface area contributed by atoms with Crippen LogP contribution >= 0.6 is 0 Å². The van der Waals surface area contributed by atoms with Crippen LogP contribution in [0.5, 0.6) is 0 Å². The quantitative estimate of drug-likeness (QED) is 0.885. The van der Waals surface area contributed by atoms with E-state index in [4.69, 9.17) is 4.98 Å². The van der Waals surface area contributed by atoms with Gasteiger partial charge in [0.25, 0.3) is 0 Å². The minimum Gasteiger partial charge on any atom is -0.340 e. The molecule has 2 unspecified atom stereocenters. The third-order valence-corrected chi connectivity index (χ3v) is 6.05. The van der Waals surface area contributed by atoms with Gasteiger partial charge in [-0.25, -0.2) is 0 Å². The fourth-order valence-electron chi connectivity index (χ4n) is 4.34. The second-order valence-corrected chi connectivity index (χ2v) is 8.36. The van der Waals surface area contributed by atoms with E-state index in [0.717, 1.165) is 48.4 Å². The number of nitrogens with one attached hydrogen (secondary N) is 1. The molecule has 2 aliphatic heterocycles. The molecule has 7 nitrogen and oxygen atoms in total. The van der Waals surface area contributed by atoms with Gasteiger partial charge in [-0.15, -0.1) is 0 Å². The van der Waals surface area contributed by atoms with E-state index < -0.39 is 0 Å². The summed E-state index contributed by atoms with van der Waals surface area (Å²) >= 11 is 0. The van der Waals surface area contributed by atoms with Gasteiger partial charge in [0.15, 0.2) is 0 Å². The lowest BCUT2D eigenvalue weighted by molar-refractivity contribution is -0.132. The molecule has 1 amide bonds. The van der Waals surface area contributed by atoms with Gasteiger partial charge in [0.05, 0.1) is 6.20 Å². The smallest absolute Gasteiger partial charge is 0.247 e. The number of hydrogen-bond acceptors (Lipinski definition) is 5. The van der Waals surface area contributed by atoms with Gasteiger partial charge in [0.2, 0.25) is 5.91 Å². The molecule has 4 heterocycles. The lowest BCUT2D eigenvalue weighted by Crippen LogP contribution is -2.42. The third-order valence-electron chi connectivity index (χ3n) is 6.05. The van der Waals surface area contributed by atoms with Gasteiger partial charge in [-0.05, 0) is 49.8 Å². The molecule has 0 bridgehead atoms. The minimum atomic E-state index is -0.175. The van der Waals surface area contributed by atoms with Crippen LogP contribution in [0.15, 0.2) is 29.6 Å². The number of rotatable bonds is 4. The summed E-state index contributed by atoms with van der Waals surface area (Å²) in [6, 6.07) is 4.08. The Labute approximate surface area is 164 Å². The topological polar surface area (TPSA) is 75.4 Å². The first-order valence-corrected chi connectivity index (χ1v) is 10.1. The highest BCUT2D eigenvalue weighted by molar-refractivity contribution is 5.96. The highest BCUT2D eigenvalue weighted by atomic mass is 16.2. The average Bonchev–Trinajstić information content (AvgIpc) is 3.11. The predicted molar refractivity (Wildman–Crippen MR) is 107 cm³/mol. The largest absolute Gasteiger partial charge is 0.340 e. The van der Waals surface area contributed by atoms with Crippen molar-refractivity contribution in [3.8, 4) is 11.1 Å². The van der Waals surface area contributed by atoms with E-state index in [9.17, 15) is 4.79 Å². The molecule has 1 saturated carbocycles. The molecule has 2 aromatic rings. The normalized spacial score (nSPS) is 24.4. The number of aryl methyl sites for hydroxylation is 2. The summed E-state index contributed by atoms with van der Waals surface area (Å²) in [5.41, 5.74) is 8.57. The Morgan fingerprint density at radius 1 is 1.18 bits per heavy atom. The van der Waals surface area contributed by atoms with Crippen LogP contribution in [0.4, 0.5) is 0 Å². The molecule has 2 aromatic heterocycles. The molecule has 28 heavy (non-hydrogen) atoms. The number of amides is 1. The fourth-order valence-corrected chi connectivity index (χ4v) is 4.34. The van der Waals surface area contributed by atoms with Crippen LogP contribution in [-0.4, -0.2) is 50.4 Å². The van der Waals surface area contributed by atoms with Crippen molar-refractivity contribution in [2.24, 2.45) is 18.1 Å². The monoisotopic (exact) mass is 378 g/mol. The van der Waals surface area contributed by atoms with Gasteiger partial charge in [-0.2, -0.15) is 10.2 Å². The van der Waals surface area contributed by atoms with Gasteiger partial charge < -0.3 is 4.90 Å². The first kappa shape index (κ1) is 17.4. The van der Waals surface area contributed by atoms with Crippen molar-refractivity contribution in [3.63, 3.8) is 0 Å². The molecule has 0 spiro atoms. The van der Waals surface area contributed by atoms with Crippen LogP contribution < -0.4 is 5.43 Å². The summed E-state index contributed by atoms with van der Waals surface area (Å²) in [6.45, 7) is 3.55. The zero-order valence-corrected chi connectivity index (χ0v) is 16.4. The number of carbonyl (C=O) groups is 1. The molecule has 0 radical (unpaired) electrons. The number of hydrogen-bond donors (Lipinski definition) is 1. The van der Waals surface area contributed by atoms with Gasteiger partial charge >= 0.3 is 0 Å². The number of pyridine rings is 1. The number of hydrazone groups is 1. The summed E-state index contributed by atoms with van der Waals surface area (Å²) < 4.78 is 1.81. The molecule has 2 atom stereocenters. The zero-order chi connectivity index (χ0) is 19.3. The Bertz CT molecular complexity index is 944. The van der Waals surface area contributed by atoms with Gasteiger partial charge in [-0.3, -0.25) is 19.9 Å². The van der Waals surface area contributed by atoms with E-state index in [1.54, 1.807) is 0 Å².